The first-order valence-corrected chi connectivity index (χ1v) is 18.2. The van der Waals surface area contributed by atoms with E-state index >= 15 is 0 Å². The van der Waals surface area contributed by atoms with Crippen molar-refractivity contribution in [2.24, 2.45) is 50.7 Å². The number of rotatable bonds is 7. The maximum absolute atomic E-state index is 13.3. The molecule has 0 spiro atoms. The molecule has 1 aliphatic heterocycles. The van der Waals surface area contributed by atoms with Gasteiger partial charge in [-0.15, -0.1) is 0 Å². The van der Waals surface area contributed by atoms with Crippen LogP contribution in [0.5, 0.6) is 0 Å². The van der Waals surface area contributed by atoms with E-state index in [1.54, 1.807) is 0 Å². The van der Waals surface area contributed by atoms with Gasteiger partial charge < -0.3 is 39.7 Å². The molecule has 0 aromatic rings. The van der Waals surface area contributed by atoms with E-state index in [1.165, 1.54) is 18.1 Å². The van der Waals surface area contributed by atoms with Crippen LogP contribution in [-0.2, 0) is 23.8 Å². The first kappa shape index (κ1) is 37.7. The van der Waals surface area contributed by atoms with Gasteiger partial charge in [-0.1, -0.05) is 73.5 Å². The van der Waals surface area contributed by atoms with Gasteiger partial charge >= 0.3 is 11.9 Å². The molecular formula is C38H62O10. The summed E-state index contributed by atoms with van der Waals surface area (Å²) in [6.45, 7) is 20.7. The zero-order valence-electron chi connectivity index (χ0n) is 30.8. The van der Waals surface area contributed by atoms with Crippen LogP contribution in [0.15, 0.2) is 11.1 Å². The number of aliphatic hydroxyl groups excluding tert-OH is 4. The summed E-state index contributed by atoms with van der Waals surface area (Å²) in [7, 11) is 0. The molecule has 2 saturated carbocycles. The van der Waals surface area contributed by atoms with Gasteiger partial charge in [-0.3, -0.25) is 9.59 Å². The standard InChI is InChI=1S/C38H62O10/c1-19(2)20(3)35(7)15-16-37(9)23-11-12-26-34(5,6)31(48-33-29(43)28(42)27(41)25(18-39)47-33)24(46-21(4)40)17-36(26,8)22(23)13-14-38(37,10)30(35)32(44)45/h19-20,24-31,33,39,41-43H,11-18H2,1-10H3,(H,44,45)/t20-,24-,25-,26+,27+,28+,29-,30-,31+,33-,35-,36-,37-,38+/m1/s1/i21+4. The molecule has 0 radical (unpaired) electrons. The minimum absolute atomic E-state index is 0.100. The Morgan fingerprint density at radius 3 is 2.17 bits per heavy atom. The lowest BCUT2D eigenvalue weighted by atomic mass is 9.36. The van der Waals surface area contributed by atoms with Gasteiger partial charge in [0.2, 0.25) is 0 Å². The lowest BCUT2D eigenvalue weighted by Gasteiger charge is -2.68. The molecule has 48 heavy (non-hydrogen) atoms. The van der Waals surface area contributed by atoms with Crippen LogP contribution in [0.3, 0.4) is 0 Å². The Morgan fingerprint density at radius 2 is 1.60 bits per heavy atom. The molecule has 1 heterocycles. The van der Waals surface area contributed by atoms with Crippen LogP contribution in [0.4, 0.5) is 0 Å². The van der Waals surface area contributed by atoms with Crippen LogP contribution in [0.1, 0.15) is 114 Å². The second-order valence-corrected chi connectivity index (χ2v) is 18.0. The summed E-state index contributed by atoms with van der Waals surface area (Å²) in [6, 6.07) is 0. The topological polar surface area (TPSA) is 163 Å². The summed E-state index contributed by atoms with van der Waals surface area (Å²) < 4.78 is 18.3. The molecule has 14 atom stereocenters. The molecule has 10 heteroatoms. The van der Waals surface area contributed by atoms with Crippen molar-refractivity contribution in [3.8, 4) is 0 Å². The summed E-state index contributed by atoms with van der Waals surface area (Å²) in [5.41, 5.74) is 0.778. The van der Waals surface area contributed by atoms with Crippen molar-refractivity contribution in [3.05, 3.63) is 11.1 Å². The lowest BCUT2D eigenvalue weighted by Crippen LogP contribution is -2.65. The number of ether oxygens (including phenoxy) is 3. The van der Waals surface area contributed by atoms with E-state index in [4.69, 9.17) is 14.2 Å². The van der Waals surface area contributed by atoms with Crippen LogP contribution >= 0.6 is 0 Å². The Balaban J connectivity index is 1.55. The average molecular weight is 683 g/mol. The monoisotopic (exact) mass is 682 g/mol. The molecule has 274 valence electrons. The van der Waals surface area contributed by atoms with Crippen LogP contribution in [0.25, 0.3) is 0 Å². The molecule has 4 aliphatic carbocycles. The number of aliphatic carboxylic acids is 1. The number of hydrogen-bond acceptors (Lipinski definition) is 9. The number of esters is 1. The number of aliphatic hydroxyl groups is 4. The SMILES string of the molecule is CC(C)[C@@H](C)[C@@]1(C)CC[C@]2(C)C3=C(CC[C@@]2(C)[C@@H]1C(=O)O)[C@@]1(C)C[C@@H](O[16C](C)=O)[C@H](O[C@H]2O[C@H](CO)[C@H](O)[C@H](O)[C@H]2O)C(C)(C)[C@@H]1CC3. The van der Waals surface area contributed by atoms with Gasteiger partial charge in [0.05, 0.1) is 12.5 Å². The van der Waals surface area contributed by atoms with Gasteiger partial charge in [0.25, 0.3) is 0 Å². The van der Waals surface area contributed by atoms with Crippen molar-refractivity contribution in [2.45, 2.75) is 157 Å². The first-order chi connectivity index (χ1) is 22.1. The highest BCUT2D eigenvalue weighted by Crippen LogP contribution is 2.73. The molecule has 0 aromatic heterocycles. The third-order valence-corrected chi connectivity index (χ3v) is 15.1. The van der Waals surface area contributed by atoms with Gasteiger partial charge in [0.15, 0.2) is 6.29 Å². The zero-order valence-corrected chi connectivity index (χ0v) is 30.8. The number of carbonyl (C=O) groups excluding carboxylic acids is 1. The third kappa shape index (κ3) is 5.42. The molecule has 0 bridgehead atoms. The number of carboxylic acid groups (broad SMARTS) is 1. The quantitative estimate of drug-likeness (QED) is 0.185. The maximum Gasteiger partial charge on any atom is 0.307 e. The summed E-state index contributed by atoms with van der Waals surface area (Å²) >= 11 is 0. The van der Waals surface area contributed by atoms with Gasteiger partial charge in [-0.25, -0.2) is 0 Å². The van der Waals surface area contributed by atoms with Crippen molar-refractivity contribution in [3.63, 3.8) is 0 Å². The van der Waals surface area contributed by atoms with Crippen LogP contribution < -0.4 is 0 Å². The molecule has 10 nitrogen and oxygen atoms in total. The predicted molar refractivity (Wildman–Crippen MR) is 178 cm³/mol. The lowest BCUT2D eigenvalue weighted by molar-refractivity contribution is -0.336. The molecule has 0 unspecified atom stereocenters. The summed E-state index contributed by atoms with van der Waals surface area (Å²) in [5.74, 6) is -0.892. The van der Waals surface area contributed by atoms with Crippen molar-refractivity contribution < 1.29 is 49.3 Å². The smallest absolute Gasteiger partial charge is 0.307 e. The van der Waals surface area contributed by atoms with Crippen LogP contribution in [0, 0.1) is 50.7 Å². The van der Waals surface area contributed by atoms with E-state index in [0.717, 1.165) is 38.5 Å². The summed E-state index contributed by atoms with van der Waals surface area (Å²) in [4.78, 5) is 25.9. The van der Waals surface area contributed by atoms with E-state index < -0.39 is 78.2 Å². The molecule has 0 amide bonds. The minimum Gasteiger partial charge on any atom is -0.481 e. The Labute approximate surface area is 286 Å². The molecule has 0 aromatic carbocycles. The Hall–Kier alpha value is -1.56. The van der Waals surface area contributed by atoms with Gasteiger partial charge in [-0.2, -0.15) is 0 Å². The van der Waals surface area contributed by atoms with E-state index in [9.17, 15) is 35.1 Å². The first-order valence-electron chi connectivity index (χ1n) is 18.2. The van der Waals surface area contributed by atoms with Gasteiger partial charge in [0.1, 0.15) is 36.6 Å². The Morgan fingerprint density at radius 1 is 0.958 bits per heavy atom. The fourth-order valence-corrected chi connectivity index (χ4v) is 12.0. The number of fused-ring (bicyclic) bond motifs is 4. The maximum atomic E-state index is 13.3. The average Bonchev–Trinajstić information content (AvgIpc) is 2.98. The predicted octanol–water partition coefficient (Wildman–Crippen LogP) is 4.85. The molecule has 5 aliphatic rings. The van der Waals surface area contributed by atoms with Gasteiger partial charge in [0, 0.05) is 6.92 Å². The van der Waals surface area contributed by atoms with Crippen LogP contribution in [0.2, 0.25) is 0 Å². The van der Waals surface area contributed by atoms with Crippen molar-refractivity contribution in [1.29, 1.82) is 0 Å². The Bertz CT molecular complexity index is 1290. The number of carbonyl (C=O) groups is 2. The highest BCUT2D eigenvalue weighted by Gasteiger charge is 2.68. The van der Waals surface area contributed by atoms with Crippen molar-refractivity contribution in [1.82, 2.24) is 0 Å². The fourth-order valence-electron chi connectivity index (χ4n) is 12.0. The molecule has 5 rings (SSSR count). The molecular weight excluding hydrogens is 620 g/mol. The Kier molecular flexibility index (Phi) is 9.88. The summed E-state index contributed by atoms with van der Waals surface area (Å²) in [5, 5.41) is 52.4. The van der Waals surface area contributed by atoms with E-state index in [-0.39, 0.29) is 28.1 Å². The normalized spacial score (nSPS) is 47.9. The van der Waals surface area contributed by atoms with Gasteiger partial charge in [-0.05, 0) is 89.8 Å². The highest BCUT2D eigenvalue weighted by molar-refractivity contribution is 5.73. The second-order valence-electron chi connectivity index (χ2n) is 18.0. The van der Waals surface area contributed by atoms with Crippen LogP contribution in [-0.4, -0.2) is 87.0 Å². The largest absolute Gasteiger partial charge is 0.481 e. The van der Waals surface area contributed by atoms with Crippen molar-refractivity contribution >= 4 is 11.9 Å². The highest BCUT2D eigenvalue weighted by atomic mass is 17.4. The third-order valence-electron chi connectivity index (χ3n) is 15.1. The number of carboxylic acids is 1. The zero-order chi connectivity index (χ0) is 35.9. The van der Waals surface area contributed by atoms with E-state index in [0.29, 0.717) is 12.3 Å². The summed E-state index contributed by atoms with van der Waals surface area (Å²) in [6.07, 6.45) is -3.04. The number of hydrogen-bond donors (Lipinski definition) is 5. The minimum atomic E-state index is -1.58. The van der Waals surface area contributed by atoms with E-state index in [1.807, 2.05) is 0 Å². The fraction of sp³-hybridized carbons (Fsp3) is 0.895. The molecule has 5 N–H and O–H groups in total. The van der Waals surface area contributed by atoms with Crippen molar-refractivity contribution in [2.75, 3.05) is 6.61 Å². The molecule has 3 fully saturated rings. The van der Waals surface area contributed by atoms with E-state index in [2.05, 4.69) is 62.3 Å². The molecule has 1 saturated heterocycles. The second kappa shape index (κ2) is 12.6. The number of allylic oxidation sites excluding steroid dienone is 2.